The topological polar surface area (TPSA) is 49.4 Å². The maximum absolute atomic E-state index is 12.4. The molecule has 0 aliphatic carbocycles. The van der Waals surface area contributed by atoms with Gasteiger partial charge >= 0.3 is 0 Å². The van der Waals surface area contributed by atoms with Crippen LogP contribution in [0.2, 0.25) is 0 Å². The van der Waals surface area contributed by atoms with E-state index in [1.54, 1.807) is 4.90 Å². The zero-order valence-electron chi connectivity index (χ0n) is 14.0. The van der Waals surface area contributed by atoms with Gasteiger partial charge in [0.15, 0.2) is 0 Å². The second kappa shape index (κ2) is 6.51. The van der Waals surface area contributed by atoms with Gasteiger partial charge in [-0.2, -0.15) is 0 Å². The zero-order chi connectivity index (χ0) is 16.3. The van der Waals surface area contributed by atoms with Crippen molar-refractivity contribution >= 4 is 17.5 Å². The molecule has 0 saturated carbocycles. The van der Waals surface area contributed by atoms with Crippen LogP contribution >= 0.6 is 0 Å². The molecule has 1 fully saturated rings. The molecule has 4 nitrogen and oxygen atoms in total. The molecular formula is C18H26N2O2. The Morgan fingerprint density at radius 2 is 1.91 bits per heavy atom. The van der Waals surface area contributed by atoms with Gasteiger partial charge in [0.2, 0.25) is 11.8 Å². The Kier molecular flexibility index (Phi) is 4.89. The van der Waals surface area contributed by atoms with Crippen LogP contribution in [0.5, 0.6) is 0 Å². The quantitative estimate of drug-likeness (QED) is 0.909. The van der Waals surface area contributed by atoms with E-state index in [0.29, 0.717) is 13.0 Å². The van der Waals surface area contributed by atoms with Crippen LogP contribution in [0.4, 0.5) is 5.69 Å². The standard InChI is InChI=1S/C18H26N2O2/c1-5-13-7-9-15(10-8-13)20-12-14(11-16(20)21)17(22)19-18(3,4)6-2/h7-10,14H,5-6,11-12H2,1-4H3,(H,19,22)/t14-/m0/s1. The van der Waals surface area contributed by atoms with Crippen molar-refractivity contribution in [2.24, 2.45) is 5.92 Å². The fourth-order valence-electron chi connectivity index (χ4n) is 2.57. The van der Waals surface area contributed by atoms with Gasteiger partial charge in [-0.1, -0.05) is 26.0 Å². The fraction of sp³-hybridized carbons (Fsp3) is 0.556. The molecule has 1 N–H and O–H groups in total. The average molecular weight is 302 g/mol. The van der Waals surface area contributed by atoms with Gasteiger partial charge in [0.05, 0.1) is 5.92 Å². The highest BCUT2D eigenvalue weighted by atomic mass is 16.2. The summed E-state index contributed by atoms with van der Waals surface area (Å²) in [6.07, 6.45) is 2.13. The normalized spacial score (nSPS) is 18.6. The van der Waals surface area contributed by atoms with Crippen molar-refractivity contribution < 1.29 is 9.59 Å². The molecule has 2 amide bonds. The van der Waals surface area contributed by atoms with E-state index in [1.807, 2.05) is 45.0 Å². The van der Waals surface area contributed by atoms with Crippen molar-refractivity contribution in [1.29, 1.82) is 0 Å². The van der Waals surface area contributed by atoms with E-state index in [4.69, 9.17) is 0 Å². The highest BCUT2D eigenvalue weighted by Crippen LogP contribution is 2.26. The number of carbonyl (C=O) groups is 2. The first kappa shape index (κ1) is 16.5. The second-order valence-corrected chi connectivity index (χ2v) is 6.65. The first-order valence-electron chi connectivity index (χ1n) is 8.07. The maximum atomic E-state index is 12.4. The van der Waals surface area contributed by atoms with Crippen LogP contribution in [-0.4, -0.2) is 23.9 Å². The number of aryl methyl sites for hydroxylation is 1. The van der Waals surface area contributed by atoms with Crippen LogP contribution in [0.3, 0.4) is 0 Å². The highest BCUT2D eigenvalue weighted by molar-refractivity contribution is 6.00. The van der Waals surface area contributed by atoms with Crippen molar-refractivity contribution in [2.75, 3.05) is 11.4 Å². The van der Waals surface area contributed by atoms with Crippen LogP contribution in [0, 0.1) is 5.92 Å². The molecule has 1 aromatic carbocycles. The Balaban J connectivity index is 2.05. The number of hydrogen-bond acceptors (Lipinski definition) is 2. The summed E-state index contributed by atoms with van der Waals surface area (Å²) in [5, 5.41) is 3.04. The van der Waals surface area contributed by atoms with Gasteiger partial charge in [0.25, 0.3) is 0 Å². The Morgan fingerprint density at radius 3 is 2.45 bits per heavy atom. The molecule has 22 heavy (non-hydrogen) atoms. The third-order valence-electron chi connectivity index (χ3n) is 4.50. The summed E-state index contributed by atoms with van der Waals surface area (Å²) in [6, 6.07) is 8.01. The monoisotopic (exact) mass is 302 g/mol. The Bertz CT molecular complexity index is 549. The second-order valence-electron chi connectivity index (χ2n) is 6.65. The van der Waals surface area contributed by atoms with Gasteiger partial charge in [-0.15, -0.1) is 0 Å². The van der Waals surface area contributed by atoms with Crippen LogP contribution in [0.25, 0.3) is 0 Å². The fourth-order valence-corrected chi connectivity index (χ4v) is 2.57. The summed E-state index contributed by atoms with van der Waals surface area (Å²) in [4.78, 5) is 26.3. The zero-order valence-corrected chi connectivity index (χ0v) is 14.0. The third-order valence-corrected chi connectivity index (χ3v) is 4.50. The minimum atomic E-state index is -0.260. The summed E-state index contributed by atoms with van der Waals surface area (Å²) in [5.74, 6) is -0.254. The number of carbonyl (C=O) groups excluding carboxylic acids is 2. The van der Waals surface area contributed by atoms with Crippen molar-refractivity contribution in [3.63, 3.8) is 0 Å². The van der Waals surface area contributed by atoms with Gasteiger partial charge in [0.1, 0.15) is 0 Å². The van der Waals surface area contributed by atoms with E-state index in [-0.39, 0.29) is 23.3 Å². The number of amides is 2. The minimum absolute atomic E-state index is 0.0205. The number of nitrogens with one attached hydrogen (secondary N) is 1. The van der Waals surface area contributed by atoms with E-state index < -0.39 is 0 Å². The van der Waals surface area contributed by atoms with E-state index in [2.05, 4.69) is 12.2 Å². The van der Waals surface area contributed by atoms with E-state index in [0.717, 1.165) is 18.5 Å². The molecule has 0 bridgehead atoms. The van der Waals surface area contributed by atoms with Gasteiger partial charge in [-0.25, -0.2) is 0 Å². The Morgan fingerprint density at radius 1 is 1.27 bits per heavy atom. The smallest absolute Gasteiger partial charge is 0.227 e. The molecule has 1 heterocycles. The predicted octanol–water partition coefficient (Wildman–Crippen LogP) is 2.91. The lowest BCUT2D eigenvalue weighted by molar-refractivity contribution is -0.127. The van der Waals surface area contributed by atoms with Crippen molar-refractivity contribution in [1.82, 2.24) is 5.32 Å². The Labute approximate surface area is 132 Å². The van der Waals surface area contributed by atoms with Gasteiger partial charge in [-0.3, -0.25) is 9.59 Å². The van der Waals surface area contributed by atoms with Crippen LogP contribution in [-0.2, 0) is 16.0 Å². The molecular weight excluding hydrogens is 276 g/mol. The lowest BCUT2D eigenvalue weighted by Crippen LogP contribution is -2.46. The summed E-state index contributed by atoms with van der Waals surface area (Å²) in [5.41, 5.74) is 1.90. The lowest BCUT2D eigenvalue weighted by atomic mass is 9.99. The highest BCUT2D eigenvalue weighted by Gasteiger charge is 2.36. The first-order chi connectivity index (χ1) is 10.4. The van der Waals surface area contributed by atoms with E-state index >= 15 is 0 Å². The molecule has 0 spiro atoms. The molecule has 0 aromatic heterocycles. The molecule has 120 valence electrons. The summed E-state index contributed by atoms with van der Waals surface area (Å²) in [7, 11) is 0. The maximum Gasteiger partial charge on any atom is 0.227 e. The largest absolute Gasteiger partial charge is 0.351 e. The molecule has 1 aromatic rings. The third kappa shape index (κ3) is 3.67. The van der Waals surface area contributed by atoms with Crippen molar-refractivity contribution in [2.45, 2.75) is 52.5 Å². The summed E-state index contributed by atoms with van der Waals surface area (Å²) < 4.78 is 0. The predicted molar refractivity (Wildman–Crippen MR) is 88.8 cm³/mol. The molecule has 1 aliphatic rings. The lowest BCUT2D eigenvalue weighted by Gasteiger charge is -2.26. The van der Waals surface area contributed by atoms with E-state index in [9.17, 15) is 9.59 Å². The van der Waals surface area contributed by atoms with Gasteiger partial charge in [-0.05, 0) is 44.4 Å². The van der Waals surface area contributed by atoms with Crippen LogP contribution in [0.1, 0.15) is 46.1 Å². The Hall–Kier alpha value is -1.84. The van der Waals surface area contributed by atoms with Crippen molar-refractivity contribution in [3.05, 3.63) is 29.8 Å². The molecule has 1 saturated heterocycles. The van der Waals surface area contributed by atoms with E-state index in [1.165, 1.54) is 5.56 Å². The van der Waals surface area contributed by atoms with Crippen molar-refractivity contribution in [3.8, 4) is 0 Å². The average Bonchev–Trinajstić information content (AvgIpc) is 2.89. The molecule has 4 heteroatoms. The number of hydrogen-bond donors (Lipinski definition) is 1. The SMILES string of the molecule is CCc1ccc(N2C[C@@H](C(=O)NC(C)(C)CC)CC2=O)cc1. The first-order valence-corrected chi connectivity index (χ1v) is 8.07. The molecule has 1 atom stereocenters. The molecule has 1 aliphatic heterocycles. The van der Waals surface area contributed by atoms with Crippen LogP contribution in [0.15, 0.2) is 24.3 Å². The summed E-state index contributed by atoms with van der Waals surface area (Å²) >= 11 is 0. The molecule has 0 radical (unpaired) electrons. The summed E-state index contributed by atoms with van der Waals surface area (Å²) in [6.45, 7) is 8.62. The molecule has 2 rings (SSSR count). The molecule has 0 unspecified atom stereocenters. The minimum Gasteiger partial charge on any atom is -0.351 e. The number of nitrogens with zero attached hydrogens (tertiary/aromatic N) is 1. The number of rotatable bonds is 5. The van der Waals surface area contributed by atoms with Gasteiger partial charge in [0, 0.05) is 24.2 Å². The number of anilines is 1. The van der Waals surface area contributed by atoms with Gasteiger partial charge < -0.3 is 10.2 Å². The van der Waals surface area contributed by atoms with Crippen LogP contribution < -0.4 is 10.2 Å². The number of benzene rings is 1.